The van der Waals surface area contributed by atoms with Gasteiger partial charge >= 0.3 is 0 Å². The van der Waals surface area contributed by atoms with Crippen LogP contribution in [-0.2, 0) is 6.42 Å². The Balaban J connectivity index is 1.70. The average Bonchev–Trinajstić information content (AvgIpc) is 3.01. The normalized spacial score (nSPS) is 17.4. The molecule has 1 heterocycles. The van der Waals surface area contributed by atoms with Crippen LogP contribution in [0.3, 0.4) is 0 Å². The van der Waals surface area contributed by atoms with Gasteiger partial charge in [-0.2, -0.15) is 0 Å². The first kappa shape index (κ1) is 12.1. The lowest BCUT2D eigenvalue weighted by molar-refractivity contribution is 0.497. The molecule has 0 radical (unpaired) electrons. The van der Waals surface area contributed by atoms with E-state index in [0.29, 0.717) is 0 Å². The largest absolute Gasteiger partial charge is 0.314 e. The summed E-state index contributed by atoms with van der Waals surface area (Å²) >= 11 is 3.46. The summed E-state index contributed by atoms with van der Waals surface area (Å²) in [4.78, 5) is 4.19. The van der Waals surface area contributed by atoms with Gasteiger partial charge in [-0.1, -0.05) is 6.92 Å². The molecule has 1 aliphatic rings. The van der Waals surface area contributed by atoms with Gasteiger partial charge in [-0.3, -0.25) is 4.98 Å². The molecule has 0 aromatic carbocycles. The molecule has 0 aliphatic heterocycles. The van der Waals surface area contributed by atoms with Gasteiger partial charge in [0.2, 0.25) is 0 Å². The van der Waals surface area contributed by atoms with E-state index >= 15 is 0 Å². The Morgan fingerprint density at radius 1 is 1.50 bits per heavy atom. The molecule has 0 bridgehead atoms. The lowest BCUT2D eigenvalue weighted by Gasteiger charge is -2.11. The Kier molecular flexibility index (Phi) is 4.36. The van der Waals surface area contributed by atoms with Crippen LogP contribution in [0.15, 0.2) is 22.9 Å². The second kappa shape index (κ2) is 5.78. The number of pyridine rings is 1. The first-order valence-corrected chi connectivity index (χ1v) is 6.86. The number of aromatic nitrogens is 1. The van der Waals surface area contributed by atoms with Crippen LogP contribution in [0.1, 0.15) is 31.7 Å². The molecule has 0 spiro atoms. The molecule has 16 heavy (non-hydrogen) atoms. The first-order valence-electron chi connectivity index (χ1n) is 6.07. The molecule has 1 unspecified atom stereocenters. The van der Waals surface area contributed by atoms with Crippen LogP contribution in [0.4, 0.5) is 0 Å². The summed E-state index contributed by atoms with van der Waals surface area (Å²) in [5, 5.41) is 3.56. The molecule has 0 saturated heterocycles. The van der Waals surface area contributed by atoms with Gasteiger partial charge in [-0.15, -0.1) is 0 Å². The maximum absolute atomic E-state index is 4.19. The lowest BCUT2D eigenvalue weighted by atomic mass is 9.99. The fourth-order valence-electron chi connectivity index (χ4n) is 1.89. The summed E-state index contributed by atoms with van der Waals surface area (Å²) in [6.45, 7) is 3.47. The third kappa shape index (κ3) is 4.22. The van der Waals surface area contributed by atoms with Crippen molar-refractivity contribution in [2.24, 2.45) is 5.92 Å². The maximum atomic E-state index is 4.19. The zero-order valence-corrected chi connectivity index (χ0v) is 11.3. The van der Waals surface area contributed by atoms with Crippen molar-refractivity contribution in [3.63, 3.8) is 0 Å². The van der Waals surface area contributed by atoms with Gasteiger partial charge in [-0.05, 0) is 65.7 Å². The van der Waals surface area contributed by atoms with Crippen LogP contribution >= 0.6 is 15.9 Å². The average molecular weight is 283 g/mol. The van der Waals surface area contributed by atoms with Crippen molar-refractivity contribution >= 4 is 15.9 Å². The van der Waals surface area contributed by atoms with Crippen LogP contribution in [0.5, 0.6) is 0 Å². The summed E-state index contributed by atoms with van der Waals surface area (Å²) in [6, 6.07) is 3.00. The number of nitrogens with one attached hydrogen (secondary N) is 1. The van der Waals surface area contributed by atoms with Crippen molar-refractivity contribution in [1.82, 2.24) is 10.3 Å². The first-order chi connectivity index (χ1) is 7.74. The Morgan fingerprint density at radius 2 is 2.31 bits per heavy atom. The summed E-state index contributed by atoms with van der Waals surface area (Å²) in [7, 11) is 0. The van der Waals surface area contributed by atoms with Crippen LogP contribution in [0.25, 0.3) is 0 Å². The Labute approximate surface area is 106 Å². The molecule has 3 heteroatoms. The smallest absolute Gasteiger partial charge is 0.0410 e. The number of hydrogen-bond donors (Lipinski definition) is 1. The van der Waals surface area contributed by atoms with E-state index in [1.807, 2.05) is 12.4 Å². The molecule has 1 atom stereocenters. The summed E-state index contributed by atoms with van der Waals surface area (Å²) in [5.74, 6) is 0.724. The molecule has 1 N–H and O–H groups in total. The van der Waals surface area contributed by atoms with Gasteiger partial charge in [0, 0.05) is 22.9 Å². The van der Waals surface area contributed by atoms with Crippen molar-refractivity contribution in [2.45, 2.75) is 38.6 Å². The second-order valence-corrected chi connectivity index (χ2v) is 5.75. The summed E-state index contributed by atoms with van der Waals surface area (Å²) < 4.78 is 1.08. The molecule has 1 aromatic heterocycles. The third-order valence-corrected chi connectivity index (χ3v) is 3.43. The maximum Gasteiger partial charge on any atom is 0.0410 e. The molecule has 2 rings (SSSR count). The quantitative estimate of drug-likeness (QED) is 0.867. The minimum Gasteiger partial charge on any atom is -0.314 e. The highest BCUT2D eigenvalue weighted by Gasteiger charge is 2.19. The highest BCUT2D eigenvalue weighted by molar-refractivity contribution is 9.10. The molecule has 1 fully saturated rings. The lowest BCUT2D eigenvalue weighted by Crippen LogP contribution is -2.20. The number of rotatable bonds is 6. The van der Waals surface area contributed by atoms with Gasteiger partial charge < -0.3 is 5.32 Å². The van der Waals surface area contributed by atoms with E-state index in [1.165, 1.54) is 24.8 Å². The van der Waals surface area contributed by atoms with Crippen LogP contribution < -0.4 is 5.32 Å². The third-order valence-electron chi connectivity index (χ3n) is 2.99. The topological polar surface area (TPSA) is 24.9 Å². The minimum absolute atomic E-state index is 0.724. The number of hydrogen-bond acceptors (Lipinski definition) is 2. The predicted octanol–water partition coefficient (Wildman–Crippen LogP) is 3.16. The van der Waals surface area contributed by atoms with Crippen LogP contribution in [0, 0.1) is 5.92 Å². The Morgan fingerprint density at radius 3 is 3.00 bits per heavy atom. The van der Waals surface area contributed by atoms with Crippen LogP contribution in [0.2, 0.25) is 0 Å². The number of halogens is 1. The van der Waals surface area contributed by atoms with Crippen molar-refractivity contribution in [1.29, 1.82) is 0 Å². The SMILES string of the molecule is CC(CCNC1CC1)Cc1cncc(Br)c1. The summed E-state index contributed by atoms with van der Waals surface area (Å²) in [5.41, 5.74) is 1.33. The van der Waals surface area contributed by atoms with E-state index < -0.39 is 0 Å². The van der Waals surface area contributed by atoms with Crippen molar-refractivity contribution < 1.29 is 0 Å². The molecule has 1 saturated carbocycles. The molecule has 0 amide bonds. The molecule has 2 nitrogen and oxygen atoms in total. The van der Waals surface area contributed by atoms with E-state index in [-0.39, 0.29) is 0 Å². The van der Waals surface area contributed by atoms with Crippen LogP contribution in [-0.4, -0.2) is 17.6 Å². The molecule has 1 aliphatic carbocycles. The van der Waals surface area contributed by atoms with E-state index in [0.717, 1.165) is 29.4 Å². The monoisotopic (exact) mass is 282 g/mol. The predicted molar refractivity (Wildman–Crippen MR) is 70.4 cm³/mol. The van der Waals surface area contributed by atoms with Gasteiger partial charge in [0.05, 0.1) is 0 Å². The molecule has 1 aromatic rings. The van der Waals surface area contributed by atoms with Gasteiger partial charge in [-0.25, -0.2) is 0 Å². The van der Waals surface area contributed by atoms with Crippen molar-refractivity contribution in [2.75, 3.05) is 6.54 Å². The van der Waals surface area contributed by atoms with Crippen molar-refractivity contribution in [3.05, 3.63) is 28.5 Å². The Hall–Kier alpha value is -0.410. The second-order valence-electron chi connectivity index (χ2n) is 4.84. The van der Waals surface area contributed by atoms with E-state index in [2.05, 4.69) is 39.2 Å². The van der Waals surface area contributed by atoms with E-state index in [4.69, 9.17) is 0 Å². The van der Waals surface area contributed by atoms with E-state index in [1.54, 1.807) is 0 Å². The standard InChI is InChI=1S/C13H19BrN2/c1-10(4-5-16-13-2-3-13)6-11-7-12(14)9-15-8-11/h7-10,13,16H,2-6H2,1H3. The number of nitrogens with zero attached hydrogens (tertiary/aromatic N) is 1. The Bertz CT molecular complexity index is 336. The highest BCUT2D eigenvalue weighted by Crippen LogP contribution is 2.19. The molecule has 88 valence electrons. The fourth-order valence-corrected chi connectivity index (χ4v) is 2.31. The van der Waals surface area contributed by atoms with Crippen molar-refractivity contribution in [3.8, 4) is 0 Å². The molecular weight excluding hydrogens is 264 g/mol. The van der Waals surface area contributed by atoms with Gasteiger partial charge in [0.1, 0.15) is 0 Å². The molecular formula is C13H19BrN2. The van der Waals surface area contributed by atoms with Gasteiger partial charge in [0.25, 0.3) is 0 Å². The minimum atomic E-state index is 0.724. The zero-order valence-electron chi connectivity index (χ0n) is 9.75. The zero-order chi connectivity index (χ0) is 11.4. The van der Waals surface area contributed by atoms with E-state index in [9.17, 15) is 0 Å². The van der Waals surface area contributed by atoms with Gasteiger partial charge in [0.15, 0.2) is 0 Å². The fraction of sp³-hybridized carbons (Fsp3) is 0.615. The summed E-state index contributed by atoms with van der Waals surface area (Å²) in [6.07, 6.45) is 8.94. The highest BCUT2D eigenvalue weighted by atomic mass is 79.9.